The van der Waals surface area contributed by atoms with Gasteiger partial charge < -0.3 is 13.9 Å². The molecule has 0 fully saturated rings. The minimum atomic E-state index is -0.756. The Hall–Kier alpha value is -3.32. The van der Waals surface area contributed by atoms with E-state index in [4.69, 9.17) is 18.9 Å². The zero-order valence-electron chi connectivity index (χ0n) is 16.4. The Morgan fingerprint density at radius 3 is 2.83 bits per heavy atom. The summed E-state index contributed by atoms with van der Waals surface area (Å²) in [4.78, 5) is 19.8. The van der Waals surface area contributed by atoms with Crippen molar-refractivity contribution < 1.29 is 18.7 Å². The number of aromatic nitrogens is 1. The number of amides is 1. The summed E-state index contributed by atoms with van der Waals surface area (Å²) in [5, 5.41) is 0.613. The summed E-state index contributed by atoms with van der Waals surface area (Å²) in [6.07, 6.45) is 1.79. The van der Waals surface area contributed by atoms with Crippen LogP contribution in [0.1, 0.15) is 18.2 Å². The van der Waals surface area contributed by atoms with E-state index in [2.05, 4.69) is 19.1 Å². The van der Waals surface area contributed by atoms with Crippen molar-refractivity contribution in [2.24, 2.45) is 0 Å². The molecule has 2 aromatic carbocycles. The second-order valence-electron chi connectivity index (χ2n) is 7.02. The van der Waals surface area contributed by atoms with E-state index in [0.29, 0.717) is 22.4 Å². The Kier molecular flexibility index (Phi) is 4.88. The number of rotatable bonds is 5. The van der Waals surface area contributed by atoms with E-state index in [-0.39, 0.29) is 19.1 Å². The number of carbonyl (C=O) groups is 1. The third kappa shape index (κ3) is 3.52. The molecule has 1 unspecified atom stereocenters. The molecule has 0 N–H and O–H groups in total. The summed E-state index contributed by atoms with van der Waals surface area (Å²) in [6, 6.07) is 17.2. The first-order chi connectivity index (χ1) is 14.7. The molecule has 0 saturated carbocycles. The van der Waals surface area contributed by atoms with Gasteiger partial charge in [-0.05, 0) is 48.4 Å². The molecule has 4 aromatic rings. The molecule has 2 aromatic heterocycles. The summed E-state index contributed by atoms with van der Waals surface area (Å²) < 4.78 is 18.3. The van der Waals surface area contributed by atoms with Gasteiger partial charge in [-0.1, -0.05) is 36.5 Å². The predicted octanol–water partition coefficient (Wildman–Crippen LogP) is 4.82. The van der Waals surface area contributed by atoms with Crippen molar-refractivity contribution >= 4 is 32.6 Å². The minimum Gasteiger partial charge on any atom is -0.485 e. The number of thiazole rings is 1. The molecule has 0 aliphatic carbocycles. The van der Waals surface area contributed by atoms with Crippen LogP contribution in [0.5, 0.6) is 11.5 Å². The molecule has 1 atom stereocenters. The lowest BCUT2D eigenvalue weighted by atomic mass is 10.2. The molecular formula is C23H20N2O4S. The molecule has 0 spiro atoms. The number of aryl methyl sites for hydroxylation is 1. The van der Waals surface area contributed by atoms with Gasteiger partial charge in [0.25, 0.3) is 5.91 Å². The van der Waals surface area contributed by atoms with Crippen LogP contribution in [0.25, 0.3) is 10.2 Å². The number of furan rings is 1. The number of carbonyl (C=O) groups excluding carboxylic acids is 1. The molecule has 30 heavy (non-hydrogen) atoms. The smallest absolute Gasteiger partial charge is 0.273 e. The Morgan fingerprint density at radius 2 is 2.03 bits per heavy atom. The van der Waals surface area contributed by atoms with Gasteiger partial charge in [0.05, 0.1) is 23.0 Å². The number of anilines is 1. The Morgan fingerprint density at radius 1 is 1.17 bits per heavy atom. The van der Waals surface area contributed by atoms with E-state index in [1.165, 1.54) is 16.9 Å². The van der Waals surface area contributed by atoms with Gasteiger partial charge in [0.15, 0.2) is 16.6 Å². The maximum Gasteiger partial charge on any atom is 0.273 e. The third-order valence-electron chi connectivity index (χ3n) is 5.02. The van der Waals surface area contributed by atoms with E-state index < -0.39 is 6.10 Å². The van der Waals surface area contributed by atoms with Crippen LogP contribution in [0.4, 0.5) is 5.13 Å². The monoisotopic (exact) mass is 420 g/mol. The molecule has 1 aliphatic heterocycles. The van der Waals surface area contributed by atoms with Gasteiger partial charge in [0.2, 0.25) is 6.10 Å². The number of fused-ring (bicyclic) bond motifs is 2. The van der Waals surface area contributed by atoms with E-state index >= 15 is 0 Å². The number of hydrogen-bond donors (Lipinski definition) is 0. The summed E-state index contributed by atoms with van der Waals surface area (Å²) >= 11 is 1.49. The molecule has 152 valence electrons. The van der Waals surface area contributed by atoms with Crippen molar-refractivity contribution in [1.82, 2.24) is 4.98 Å². The number of nitrogens with zero attached hydrogens (tertiary/aromatic N) is 2. The molecule has 6 nitrogen and oxygen atoms in total. The van der Waals surface area contributed by atoms with E-state index in [1.54, 1.807) is 23.3 Å². The highest BCUT2D eigenvalue weighted by atomic mass is 32.1. The Balaban J connectivity index is 1.48. The van der Waals surface area contributed by atoms with Crippen molar-refractivity contribution in [3.8, 4) is 11.5 Å². The van der Waals surface area contributed by atoms with Crippen LogP contribution in [-0.4, -0.2) is 23.6 Å². The van der Waals surface area contributed by atoms with Crippen LogP contribution < -0.4 is 14.4 Å². The largest absolute Gasteiger partial charge is 0.485 e. The van der Waals surface area contributed by atoms with Crippen molar-refractivity contribution in [2.75, 3.05) is 11.5 Å². The van der Waals surface area contributed by atoms with E-state index in [9.17, 15) is 4.79 Å². The lowest BCUT2D eigenvalue weighted by Crippen LogP contribution is -2.46. The first-order valence-electron chi connectivity index (χ1n) is 9.83. The fourth-order valence-electron chi connectivity index (χ4n) is 3.41. The second-order valence-corrected chi connectivity index (χ2v) is 8.03. The second kappa shape index (κ2) is 7.84. The Bertz CT molecular complexity index is 1190. The maximum atomic E-state index is 13.5. The zero-order valence-corrected chi connectivity index (χ0v) is 17.2. The van der Waals surface area contributed by atoms with Gasteiger partial charge in [-0.15, -0.1) is 0 Å². The topological polar surface area (TPSA) is 64.8 Å². The highest BCUT2D eigenvalue weighted by Gasteiger charge is 2.33. The van der Waals surface area contributed by atoms with Crippen LogP contribution in [-0.2, 0) is 17.8 Å². The molecule has 0 saturated heterocycles. The van der Waals surface area contributed by atoms with Gasteiger partial charge in [0, 0.05) is 0 Å². The number of hydrogen-bond acceptors (Lipinski definition) is 6. The van der Waals surface area contributed by atoms with Crippen LogP contribution >= 0.6 is 11.3 Å². The predicted molar refractivity (Wildman–Crippen MR) is 115 cm³/mol. The van der Waals surface area contributed by atoms with Crippen LogP contribution in [0.15, 0.2) is 65.3 Å². The highest BCUT2D eigenvalue weighted by Crippen LogP contribution is 2.34. The molecule has 0 bridgehead atoms. The molecular weight excluding hydrogens is 400 g/mol. The molecule has 1 aliphatic rings. The van der Waals surface area contributed by atoms with E-state index in [0.717, 1.165) is 16.6 Å². The Labute approximate surface area is 177 Å². The number of ether oxygens (including phenoxy) is 2. The van der Waals surface area contributed by atoms with Gasteiger partial charge in [-0.2, -0.15) is 0 Å². The molecule has 1 amide bonds. The molecule has 0 radical (unpaired) electrons. The quantitative estimate of drug-likeness (QED) is 0.463. The lowest BCUT2D eigenvalue weighted by molar-refractivity contribution is -0.127. The molecule has 3 heterocycles. The van der Waals surface area contributed by atoms with Gasteiger partial charge in [0.1, 0.15) is 12.4 Å². The first-order valence-corrected chi connectivity index (χ1v) is 10.6. The summed E-state index contributed by atoms with van der Waals surface area (Å²) in [5.74, 6) is 1.67. The van der Waals surface area contributed by atoms with Gasteiger partial charge >= 0.3 is 0 Å². The first kappa shape index (κ1) is 18.7. The van der Waals surface area contributed by atoms with Crippen LogP contribution in [0, 0.1) is 0 Å². The van der Waals surface area contributed by atoms with Crippen molar-refractivity contribution in [2.45, 2.75) is 26.0 Å². The number of benzene rings is 2. The SMILES string of the molecule is CCc1ccc2nc(N(Cc3ccco3)C(=O)C3COc4ccccc4O3)sc2c1. The van der Waals surface area contributed by atoms with E-state index in [1.807, 2.05) is 30.3 Å². The van der Waals surface area contributed by atoms with Crippen molar-refractivity contribution in [1.29, 1.82) is 0 Å². The van der Waals surface area contributed by atoms with Crippen molar-refractivity contribution in [3.05, 3.63) is 72.2 Å². The maximum absolute atomic E-state index is 13.5. The number of para-hydroxylation sites is 2. The fourth-order valence-corrected chi connectivity index (χ4v) is 4.44. The van der Waals surface area contributed by atoms with Gasteiger partial charge in [-0.25, -0.2) is 4.98 Å². The normalized spacial score (nSPS) is 15.3. The average molecular weight is 420 g/mol. The molecule has 5 rings (SSSR count). The summed E-state index contributed by atoms with van der Waals surface area (Å²) in [7, 11) is 0. The standard InChI is InChI=1S/C23H20N2O4S/c1-2-15-9-10-17-21(12-15)30-23(24-17)25(13-16-6-5-11-27-16)22(26)20-14-28-18-7-3-4-8-19(18)29-20/h3-12,20H,2,13-14H2,1H3. The average Bonchev–Trinajstić information content (AvgIpc) is 3.45. The molecule has 7 heteroatoms. The van der Waals surface area contributed by atoms with Crippen LogP contribution in [0.2, 0.25) is 0 Å². The summed E-state index contributed by atoms with van der Waals surface area (Å²) in [6.45, 7) is 2.54. The minimum absolute atomic E-state index is 0.148. The van der Waals surface area contributed by atoms with Crippen molar-refractivity contribution in [3.63, 3.8) is 0 Å². The highest BCUT2D eigenvalue weighted by molar-refractivity contribution is 7.22. The fraction of sp³-hybridized carbons (Fsp3) is 0.217. The lowest BCUT2D eigenvalue weighted by Gasteiger charge is -2.29. The third-order valence-corrected chi connectivity index (χ3v) is 6.07. The summed E-state index contributed by atoms with van der Waals surface area (Å²) in [5.41, 5.74) is 2.11. The zero-order chi connectivity index (χ0) is 20.5. The van der Waals surface area contributed by atoms with Gasteiger partial charge in [-0.3, -0.25) is 9.69 Å². The van der Waals surface area contributed by atoms with Crippen LogP contribution in [0.3, 0.4) is 0 Å².